The summed E-state index contributed by atoms with van der Waals surface area (Å²) in [6.45, 7) is 0.134. The number of aliphatic hydroxyl groups is 1. The van der Waals surface area contributed by atoms with Gasteiger partial charge in [0, 0.05) is 25.0 Å². The molecule has 1 fully saturated rings. The fourth-order valence-electron chi connectivity index (χ4n) is 2.85. The number of carbonyl (C=O) groups is 1. The smallest absolute Gasteiger partial charge is 0.220 e. The van der Waals surface area contributed by atoms with Crippen molar-refractivity contribution in [3.8, 4) is 0 Å². The van der Waals surface area contributed by atoms with Gasteiger partial charge in [-0.2, -0.15) is 0 Å². The third-order valence-electron chi connectivity index (χ3n) is 4.02. The number of benzene rings is 1. The van der Waals surface area contributed by atoms with Crippen LogP contribution in [0.4, 0.5) is 4.39 Å². The number of rotatable bonds is 5. The molecule has 0 aliphatic heterocycles. The van der Waals surface area contributed by atoms with E-state index in [9.17, 15) is 14.3 Å². The van der Waals surface area contributed by atoms with Gasteiger partial charge in [-0.15, -0.1) is 0 Å². The summed E-state index contributed by atoms with van der Waals surface area (Å²) in [6.07, 6.45) is 5.05. The molecule has 1 amide bonds. The minimum Gasteiger partial charge on any atom is -0.396 e. The van der Waals surface area contributed by atoms with Gasteiger partial charge >= 0.3 is 0 Å². The van der Waals surface area contributed by atoms with Gasteiger partial charge in [-0.05, 0) is 37.0 Å². The minimum absolute atomic E-state index is 0.0142. The van der Waals surface area contributed by atoms with E-state index in [4.69, 9.17) is 0 Å². The van der Waals surface area contributed by atoms with Gasteiger partial charge in [-0.3, -0.25) is 4.79 Å². The van der Waals surface area contributed by atoms with Crippen LogP contribution in [0.3, 0.4) is 0 Å². The average molecular weight is 279 g/mol. The van der Waals surface area contributed by atoms with Gasteiger partial charge in [-0.1, -0.05) is 25.0 Å². The summed E-state index contributed by atoms with van der Waals surface area (Å²) in [5.41, 5.74) is 0.836. The minimum atomic E-state index is -0.268. The van der Waals surface area contributed by atoms with Crippen LogP contribution in [0.2, 0.25) is 0 Å². The average Bonchev–Trinajstić information content (AvgIpc) is 2.46. The van der Waals surface area contributed by atoms with Crippen molar-refractivity contribution in [2.45, 2.75) is 44.6 Å². The maximum absolute atomic E-state index is 13.0. The lowest BCUT2D eigenvalue weighted by Gasteiger charge is -2.30. The maximum atomic E-state index is 13.0. The van der Waals surface area contributed by atoms with E-state index in [-0.39, 0.29) is 30.3 Å². The third-order valence-corrected chi connectivity index (χ3v) is 4.02. The molecule has 2 rings (SSSR count). The van der Waals surface area contributed by atoms with E-state index in [1.807, 2.05) is 6.07 Å². The van der Waals surface area contributed by atoms with Crippen molar-refractivity contribution in [2.24, 2.45) is 5.92 Å². The number of nitrogens with one attached hydrogen (secondary N) is 1. The summed E-state index contributed by atoms with van der Waals surface area (Å²) in [7, 11) is 0. The SMILES string of the molecule is O=C(CCc1cccc(F)c1)NC1CCCCC1CO. The number of hydrogen-bond donors (Lipinski definition) is 2. The van der Waals surface area contributed by atoms with E-state index in [1.54, 1.807) is 6.07 Å². The largest absolute Gasteiger partial charge is 0.396 e. The summed E-state index contributed by atoms with van der Waals surface area (Å²) >= 11 is 0. The van der Waals surface area contributed by atoms with Crippen LogP contribution in [-0.2, 0) is 11.2 Å². The molecule has 0 bridgehead atoms. The van der Waals surface area contributed by atoms with Crippen LogP contribution in [0.1, 0.15) is 37.7 Å². The zero-order chi connectivity index (χ0) is 14.4. The Labute approximate surface area is 119 Å². The monoisotopic (exact) mass is 279 g/mol. The van der Waals surface area contributed by atoms with Crippen molar-refractivity contribution in [3.63, 3.8) is 0 Å². The Bertz CT molecular complexity index is 450. The number of amides is 1. The first-order valence-electron chi connectivity index (χ1n) is 7.33. The first-order chi connectivity index (χ1) is 9.69. The second-order valence-corrected chi connectivity index (χ2v) is 5.53. The molecule has 2 unspecified atom stereocenters. The van der Waals surface area contributed by atoms with Crippen molar-refractivity contribution >= 4 is 5.91 Å². The Balaban J connectivity index is 1.80. The predicted molar refractivity (Wildman–Crippen MR) is 75.7 cm³/mol. The molecule has 0 saturated heterocycles. The first-order valence-corrected chi connectivity index (χ1v) is 7.33. The van der Waals surface area contributed by atoms with Gasteiger partial charge in [0.2, 0.25) is 5.91 Å². The highest BCUT2D eigenvalue weighted by atomic mass is 19.1. The molecule has 1 aromatic carbocycles. The molecule has 2 N–H and O–H groups in total. The number of aliphatic hydroxyl groups excluding tert-OH is 1. The second-order valence-electron chi connectivity index (χ2n) is 5.53. The molecule has 1 aromatic rings. The van der Waals surface area contributed by atoms with Crippen LogP contribution < -0.4 is 5.32 Å². The molecule has 1 saturated carbocycles. The molecule has 0 spiro atoms. The summed E-state index contributed by atoms with van der Waals surface area (Å²) in [5.74, 6) is -0.1000. The van der Waals surface area contributed by atoms with Gasteiger partial charge in [0.1, 0.15) is 5.82 Å². The molecule has 0 radical (unpaired) electrons. The van der Waals surface area contributed by atoms with Gasteiger partial charge in [0.15, 0.2) is 0 Å². The molecule has 1 aliphatic carbocycles. The molecule has 3 nitrogen and oxygen atoms in total. The second kappa shape index (κ2) is 7.39. The lowest BCUT2D eigenvalue weighted by Crippen LogP contribution is -2.43. The lowest BCUT2D eigenvalue weighted by atomic mass is 9.85. The standard InChI is InChI=1S/C16H22FNO2/c17-14-6-3-4-12(10-14)8-9-16(20)18-15-7-2-1-5-13(15)11-19/h3-4,6,10,13,15,19H,1-2,5,7-9,11H2,(H,18,20). The highest BCUT2D eigenvalue weighted by Crippen LogP contribution is 2.24. The van der Waals surface area contributed by atoms with Crippen LogP contribution >= 0.6 is 0 Å². The molecule has 110 valence electrons. The van der Waals surface area contributed by atoms with E-state index >= 15 is 0 Å². The van der Waals surface area contributed by atoms with Crippen molar-refractivity contribution in [1.82, 2.24) is 5.32 Å². The number of carbonyl (C=O) groups excluding carboxylic acids is 1. The highest BCUT2D eigenvalue weighted by Gasteiger charge is 2.25. The van der Waals surface area contributed by atoms with Crippen LogP contribution in [0, 0.1) is 11.7 Å². The van der Waals surface area contributed by atoms with Gasteiger partial charge in [0.25, 0.3) is 0 Å². The van der Waals surface area contributed by atoms with Crippen molar-refractivity contribution in [2.75, 3.05) is 6.61 Å². The lowest BCUT2D eigenvalue weighted by molar-refractivity contribution is -0.122. The van der Waals surface area contributed by atoms with E-state index in [1.165, 1.54) is 12.1 Å². The van der Waals surface area contributed by atoms with Gasteiger partial charge in [-0.25, -0.2) is 4.39 Å². The quantitative estimate of drug-likeness (QED) is 0.869. The highest BCUT2D eigenvalue weighted by molar-refractivity contribution is 5.76. The Kier molecular flexibility index (Phi) is 5.53. The van der Waals surface area contributed by atoms with Crippen molar-refractivity contribution < 1.29 is 14.3 Å². The third kappa shape index (κ3) is 4.30. The van der Waals surface area contributed by atoms with E-state index in [0.29, 0.717) is 12.8 Å². The van der Waals surface area contributed by atoms with Crippen LogP contribution in [0.5, 0.6) is 0 Å². The van der Waals surface area contributed by atoms with Gasteiger partial charge in [0.05, 0.1) is 0 Å². The Morgan fingerprint density at radius 2 is 2.15 bits per heavy atom. The van der Waals surface area contributed by atoms with Gasteiger partial charge < -0.3 is 10.4 Å². The molecular weight excluding hydrogens is 257 g/mol. The molecule has 0 heterocycles. The molecule has 1 aliphatic rings. The Morgan fingerprint density at radius 1 is 1.35 bits per heavy atom. The van der Waals surface area contributed by atoms with Crippen LogP contribution in [0.25, 0.3) is 0 Å². The summed E-state index contributed by atoms with van der Waals surface area (Å²) < 4.78 is 13.0. The summed E-state index contributed by atoms with van der Waals surface area (Å²) in [6, 6.07) is 6.44. The molecule has 2 atom stereocenters. The van der Waals surface area contributed by atoms with E-state index in [2.05, 4.69) is 5.32 Å². The normalized spacial score (nSPS) is 22.5. The van der Waals surface area contributed by atoms with Crippen molar-refractivity contribution in [1.29, 1.82) is 0 Å². The number of hydrogen-bond acceptors (Lipinski definition) is 2. The zero-order valence-corrected chi connectivity index (χ0v) is 11.6. The topological polar surface area (TPSA) is 49.3 Å². The Hall–Kier alpha value is -1.42. The fraction of sp³-hybridized carbons (Fsp3) is 0.562. The number of aryl methyl sites for hydroxylation is 1. The fourth-order valence-corrected chi connectivity index (χ4v) is 2.85. The van der Waals surface area contributed by atoms with E-state index in [0.717, 1.165) is 31.2 Å². The predicted octanol–water partition coefficient (Wildman–Crippen LogP) is 2.43. The Morgan fingerprint density at radius 3 is 2.90 bits per heavy atom. The van der Waals surface area contributed by atoms with Crippen LogP contribution in [-0.4, -0.2) is 23.7 Å². The zero-order valence-electron chi connectivity index (χ0n) is 11.6. The number of halogens is 1. The van der Waals surface area contributed by atoms with E-state index < -0.39 is 0 Å². The maximum Gasteiger partial charge on any atom is 0.220 e. The molecular formula is C16H22FNO2. The first kappa shape index (κ1) is 15.0. The van der Waals surface area contributed by atoms with Crippen LogP contribution in [0.15, 0.2) is 24.3 Å². The summed E-state index contributed by atoms with van der Waals surface area (Å²) in [5, 5.41) is 12.3. The molecule has 0 aromatic heterocycles. The van der Waals surface area contributed by atoms with Crippen molar-refractivity contribution in [3.05, 3.63) is 35.6 Å². The molecule has 4 heteroatoms. The molecule has 20 heavy (non-hydrogen) atoms. The summed E-state index contributed by atoms with van der Waals surface area (Å²) in [4.78, 5) is 11.9.